The van der Waals surface area contributed by atoms with Crippen molar-refractivity contribution >= 4 is 5.91 Å². The number of aromatic nitrogens is 2. The second-order valence-corrected chi connectivity index (χ2v) is 4.23. The summed E-state index contributed by atoms with van der Waals surface area (Å²) in [6, 6.07) is 5.99. The molecule has 0 saturated heterocycles. The Balaban J connectivity index is 1.81. The number of amides is 1. The second kappa shape index (κ2) is 6.70. The third kappa shape index (κ3) is 3.57. The number of aryl methyl sites for hydroxylation is 1. The minimum absolute atomic E-state index is 0.125. The Kier molecular flexibility index (Phi) is 4.70. The summed E-state index contributed by atoms with van der Waals surface area (Å²) in [5.41, 5.74) is 0.280. The summed E-state index contributed by atoms with van der Waals surface area (Å²) in [5.74, 6) is -0.719. The van der Waals surface area contributed by atoms with Crippen LogP contribution in [0.4, 0.5) is 4.39 Å². The van der Waals surface area contributed by atoms with Gasteiger partial charge in [0.1, 0.15) is 0 Å². The summed E-state index contributed by atoms with van der Waals surface area (Å²) in [5, 5.41) is 6.80. The van der Waals surface area contributed by atoms with Crippen LogP contribution in [0, 0.1) is 5.82 Å². The van der Waals surface area contributed by atoms with Crippen molar-refractivity contribution in [3.05, 3.63) is 48.0 Å². The molecule has 106 valence electrons. The van der Waals surface area contributed by atoms with E-state index in [4.69, 9.17) is 4.74 Å². The van der Waals surface area contributed by atoms with Crippen molar-refractivity contribution in [1.82, 2.24) is 15.1 Å². The molecule has 1 heterocycles. The quantitative estimate of drug-likeness (QED) is 0.820. The molecule has 0 aliphatic rings. The van der Waals surface area contributed by atoms with Crippen LogP contribution < -0.4 is 10.1 Å². The molecule has 0 aliphatic carbocycles. The molecule has 2 rings (SSSR count). The van der Waals surface area contributed by atoms with Crippen molar-refractivity contribution in [2.45, 2.75) is 13.0 Å². The van der Waals surface area contributed by atoms with Gasteiger partial charge in [0.25, 0.3) is 5.91 Å². The van der Waals surface area contributed by atoms with Crippen molar-refractivity contribution in [3.63, 3.8) is 0 Å². The normalized spacial score (nSPS) is 10.3. The van der Waals surface area contributed by atoms with E-state index in [2.05, 4.69) is 10.4 Å². The second-order valence-electron chi connectivity index (χ2n) is 4.23. The summed E-state index contributed by atoms with van der Waals surface area (Å²) >= 11 is 0. The van der Waals surface area contributed by atoms with E-state index in [9.17, 15) is 9.18 Å². The minimum atomic E-state index is -0.545. The number of ether oxygens (including phenoxy) is 1. The maximum atomic E-state index is 13.5. The maximum Gasteiger partial charge on any atom is 0.251 e. The van der Waals surface area contributed by atoms with Crippen LogP contribution in [0.2, 0.25) is 0 Å². The molecule has 0 bridgehead atoms. The maximum absolute atomic E-state index is 13.5. The Morgan fingerprint density at radius 2 is 2.35 bits per heavy atom. The van der Waals surface area contributed by atoms with Crippen molar-refractivity contribution in [1.29, 1.82) is 0 Å². The van der Waals surface area contributed by atoms with Crippen LogP contribution in [0.1, 0.15) is 16.8 Å². The van der Waals surface area contributed by atoms with Crippen LogP contribution in [-0.4, -0.2) is 29.3 Å². The van der Waals surface area contributed by atoms with E-state index < -0.39 is 5.82 Å². The molecule has 0 radical (unpaired) electrons. The molecule has 0 saturated carbocycles. The number of nitrogens with zero attached hydrogens (tertiary/aromatic N) is 2. The number of hydrogen-bond donors (Lipinski definition) is 1. The SMILES string of the molecule is COc1ccc(C(=O)NCCCn2cccn2)cc1F. The number of halogens is 1. The smallest absolute Gasteiger partial charge is 0.251 e. The first-order chi connectivity index (χ1) is 9.70. The van der Waals surface area contributed by atoms with Gasteiger partial charge in [-0.2, -0.15) is 5.10 Å². The summed E-state index contributed by atoms with van der Waals surface area (Å²) < 4.78 is 20.1. The highest BCUT2D eigenvalue weighted by Gasteiger charge is 2.09. The van der Waals surface area contributed by atoms with Gasteiger partial charge in [-0.15, -0.1) is 0 Å². The first kappa shape index (κ1) is 14.0. The first-order valence-electron chi connectivity index (χ1n) is 6.30. The largest absolute Gasteiger partial charge is 0.494 e. The molecule has 1 aromatic carbocycles. The Morgan fingerprint density at radius 1 is 1.50 bits per heavy atom. The summed E-state index contributed by atoms with van der Waals surface area (Å²) in [4.78, 5) is 11.8. The van der Waals surface area contributed by atoms with Gasteiger partial charge in [0.15, 0.2) is 11.6 Å². The van der Waals surface area contributed by atoms with Gasteiger partial charge in [-0.3, -0.25) is 9.48 Å². The molecule has 0 aliphatic heterocycles. The molecule has 0 spiro atoms. The van der Waals surface area contributed by atoms with E-state index >= 15 is 0 Å². The fourth-order valence-electron chi connectivity index (χ4n) is 1.79. The van der Waals surface area contributed by atoms with Crippen molar-refractivity contribution < 1.29 is 13.9 Å². The van der Waals surface area contributed by atoms with Crippen LogP contribution in [0.3, 0.4) is 0 Å². The zero-order chi connectivity index (χ0) is 14.4. The predicted molar refractivity (Wildman–Crippen MR) is 72.1 cm³/mol. The highest BCUT2D eigenvalue weighted by molar-refractivity contribution is 5.94. The lowest BCUT2D eigenvalue weighted by atomic mass is 10.2. The summed E-state index contributed by atoms with van der Waals surface area (Å²) in [6.07, 6.45) is 4.32. The van der Waals surface area contributed by atoms with Crippen LogP contribution >= 0.6 is 0 Å². The molecule has 2 aromatic rings. The Labute approximate surface area is 116 Å². The molecular weight excluding hydrogens is 261 g/mol. The minimum Gasteiger partial charge on any atom is -0.494 e. The lowest BCUT2D eigenvalue weighted by Gasteiger charge is -2.07. The number of benzene rings is 1. The first-order valence-corrected chi connectivity index (χ1v) is 6.30. The van der Waals surface area contributed by atoms with Crippen molar-refractivity contribution in [3.8, 4) is 5.75 Å². The molecule has 1 N–H and O–H groups in total. The van der Waals surface area contributed by atoms with E-state index in [1.165, 1.54) is 25.3 Å². The highest BCUT2D eigenvalue weighted by atomic mass is 19.1. The molecule has 0 atom stereocenters. The molecular formula is C14H16FN3O2. The van der Waals surface area contributed by atoms with Crippen molar-refractivity contribution in [2.75, 3.05) is 13.7 Å². The van der Waals surface area contributed by atoms with Crippen LogP contribution in [0.5, 0.6) is 5.75 Å². The van der Waals surface area contributed by atoms with Gasteiger partial charge >= 0.3 is 0 Å². The van der Waals surface area contributed by atoms with E-state index in [1.54, 1.807) is 10.9 Å². The number of carbonyl (C=O) groups excluding carboxylic acids is 1. The number of carbonyl (C=O) groups is 1. The molecule has 0 fully saturated rings. The Bertz CT molecular complexity index is 570. The van der Waals surface area contributed by atoms with Gasteiger partial charge in [-0.25, -0.2) is 4.39 Å². The van der Waals surface area contributed by atoms with Gasteiger partial charge in [0, 0.05) is 31.0 Å². The third-order valence-electron chi connectivity index (χ3n) is 2.82. The van der Waals surface area contributed by atoms with E-state index in [0.717, 1.165) is 13.0 Å². The molecule has 1 amide bonds. The lowest BCUT2D eigenvalue weighted by molar-refractivity contribution is 0.0952. The molecule has 0 unspecified atom stereocenters. The Hall–Kier alpha value is -2.37. The average Bonchev–Trinajstić information content (AvgIpc) is 2.96. The van der Waals surface area contributed by atoms with Crippen LogP contribution in [-0.2, 0) is 6.54 Å². The zero-order valence-corrected chi connectivity index (χ0v) is 11.2. The van der Waals surface area contributed by atoms with Gasteiger partial charge in [-0.05, 0) is 30.7 Å². The summed E-state index contributed by atoms with van der Waals surface area (Å²) in [6.45, 7) is 1.23. The highest BCUT2D eigenvalue weighted by Crippen LogP contribution is 2.17. The fourth-order valence-corrected chi connectivity index (χ4v) is 1.79. The zero-order valence-electron chi connectivity index (χ0n) is 11.2. The predicted octanol–water partition coefficient (Wildman–Crippen LogP) is 1.85. The van der Waals surface area contributed by atoms with Gasteiger partial charge in [0.05, 0.1) is 7.11 Å². The van der Waals surface area contributed by atoms with E-state index in [1.807, 2.05) is 12.3 Å². The average molecular weight is 277 g/mol. The molecule has 6 heteroatoms. The lowest BCUT2D eigenvalue weighted by Crippen LogP contribution is -2.25. The number of methoxy groups -OCH3 is 1. The summed E-state index contributed by atoms with van der Waals surface area (Å²) in [7, 11) is 1.38. The number of hydrogen-bond acceptors (Lipinski definition) is 3. The Morgan fingerprint density at radius 3 is 3.00 bits per heavy atom. The third-order valence-corrected chi connectivity index (χ3v) is 2.82. The van der Waals surface area contributed by atoms with E-state index in [0.29, 0.717) is 6.54 Å². The van der Waals surface area contributed by atoms with Crippen LogP contribution in [0.25, 0.3) is 0 Å². The monoisotopic (exact) mass is 277 g/mol. The molecule has 20 heavy (non-hydrogen) atoms. The van der Waals surface area contributed by atoms with Gasteiger partial charge in [0.2, 0.25) is 0 Å². The number of rotatable bonds is 6. The standard InChI is InChI=1S/C14H16FN3O2/c1-20-13-5-4-11(10-12(13)15)14(19)16-6-2-8-18-9-3-7-17-18/h3-5,7,9-10H,2,6,8H2,1H3,(H,16,19). The van der Waals surface area contributed by atoms with Gasteiger partial charge in [-0.1, -0.05) is 0 Å². The van der Waals surface area contributed by atoms with Crippen LogP contribution in [0.15, 0.2) is 36.7 Å². The fraction of sp³-hybridized carbons (Fsp3) is 0.286. The topological polar surface area (TPSA) is 56.1 Å². The number of nitrogens with one attached hydrogen (secondary N) is 1. The van der Waals surface area contributed by atoms with Crippen molar-refractivity contribution in [2.24, 2.45) is 0 Å². The van der Waals surface area contributed by atoms with E-state index in [-0.39, 0.29) is 17.2 Å². The van der Waals surface area contributed by atoms with Gasteiger partial charge < -0.3 is 10.1 Å². The molecule has 5 nitrogen and oxygen atoms in total. The molecule has 1 aromatic heterocycles.